The second-order valence-electron chi connectivity index (χ2n) is 5.95. The maximum atomic E-state index is 12.0. The van der Waals surface area contributed by atoms with Crippen LogP contribution in [0, 0.1) is 0 Å². The minimum absolute atomic E-state index is 0.0891. The number of nitrogens with zero attached hydrogens (tertiary/aromatic N) is 1. The van der Waals surface area contributed by atoms with Crippen molar-refractivity contribution in [1.82, 2.24) is 10.3 Å². The van der Waals surface area contributed by atoms with E-state index < -0.39 is 6.03 Å². The molecule has 0 fully saturated rings. The monoisotopic (exact) mass is 364 g/mol. The van der Waals surface area contributed by atoms with Crippen molar-refractivity contribution in [3.05, 3.63) is 72.2 Å². The molecule has 3 rings (SSSR count). The molecule has 7 nitrogen and oxygen atoms in total. The van der Waals surface area contributed by atoms with Gasteiger partial charge in [-0.25, -0.2) is 9.78 Å². The molecule has 0 aliphatic rings. The van der Waals surface area contributed by atoms with Crippen LogP contribution in [0.2, 0.25) is 0 Å². The number of anilines is 1. The number of rotatable bonds is 7. The third-order valence-corrected chi connectivity index (χ3v) is 3.89. The van der Waals surface area contributed by atoms with Gasteiger partial charge in [0.25, 0.3) is 0 Å². The number of nitrogens with two attached hydrogens (primary N) is 1. The summed E-state index contributed by atoms with van der Waals surface area (Å²) in [5, 5.41) is 5.33. The van der Waals surface area contributed by atoms with Crippen molar-refractivity contribution in [1.29, 1.82) is 0 Å². The molecular weight excluding hydrogens is 344 g/mol. The molecule has 1 aromatic heterocycles. The number of hydrogen-bond donors (Lipinski definition) is 3. The van der Waals surface area contributed by atoms with Crippen LogP contribution in [0.5, 0.6) is 0 Å². The molecule has 0 unspecified atom stereocenters. The summed E-state index contributed by atoms with van der Waals surface area (Å²) in [5.41, 5.74) is 7.54. The number of benzene rings is 2. The first-order chi connectivity index (χ1) is 13.1. The third kappa shape index (κ3) is 5.43. The van der Waals surface area contributed by atoms with Crippen LogP contribution in [0.4, 0.5) is 10.5 Å². The Morgan fingerprint density at radius 2 is 1.78 bits per heavy atom. The van der Waals surface area contributed by atoms with Gasteiger partial charge in [0, 0.05) is 30.6 Å². The van der Waals surface area contributed by atoms with Gasteiger partial charge in [-0.15, -0.1) is 0 Å². The molecule has 0 saturated heterocycles. The number of urea groups is 1. The molecule has 4 N–H and O–H groups in total. The Morgan fingerprint density at radius 3 is 2.48 bits per heavy atom. The lowest BCUT2D eigenvalue weighted by atomic mass is 10.2. The molecule has 0 spiro atoms. The fraction of sp³-hybridized carbons (Fsp3) is 0.150. The van der Waals surface area contributed by atoms with Gasteiger partial charge in [-0.2, -0.15) is 0 Å². The number of carbonyl (C=O) groups is 2. The van der Waals surface area contributed by atoms with Crippen molar-refractivity contribution in [3.63, 3.8) is 0 Å². The van der Waals surface area contributed by atoms with Crippen LogP contribution in [-0.4, -0.2) is 16.9 Å². The maximum Gasteiger partial charge on any atom is 0.316 e. The highest BCUT2D eigenvalue weighted by Gasteiger charge is 2.09. The highest BCUT2D eigenvalue weighted by atomic mass is 16.4. The first kappa shape index (κ1) is 18.2. The van der Waals surface area contributed by atoms with E-state index in [0.29, 0.717) is 30.3 Å². The van der Waals surface area contributed by atoms with Gasteiger partial charge in [-0.1, -0.05) is 42.5 Å². The van der Waals surface area contributed by atoms with Crippen molar-refractivity contribution in [2.45, 2.75) is 19.4 Å². The molecule has 2 aromatic carbocycles. The van der Waals surface area contributed by atoms with Crippen molar-refractivity contribution in [2.75, 3.05) is 5.32 Å². The summed E-state index contributed by atoms with van der Waals surface area (Å²) in [4.78, 5) is 27.0. The Bertz CT molecular complexity index is 904. The summed E-state index contributed by atoms with van der Waals surface area (Å²) in [6, 6.07) is 16.2. The molecule has 0 aliphatic carbocycles. The lowest BCUT2D eigenvalue weighted by Crippen LogP contribution is -2.23. The third-order valence-electron chi connectivity index (χ3n) is 3.89. The number of aryl methyl sites for hydroxylation is 1. The standard InChI is InChI=1S/C20H20N4O3/c21-20(26)24-16-8-6-14(7-9-16)12-22-18(25)10-11-19-23-13-17(27-19)15-4-2-1-3-5-15/h1-9,13H,10-12H2,(H,22,25)(H3,21,24,26). The molecule has 0 bridgehead atoms. The topological polar surface area (TPSA) is 110 Å². The molecule has 0 saturated carbocycles. The molecule has 27 heavy (non-hydrogen) atoms. The van der Waals surface area contributed by atoms with E-state index in [-0.39, 0.29) is 12.3 Å². The second kappa shape index (κ2) is 8.66. The van der Waals surface area contributed by atoms with E-state index in [1.165, 1.54) is 0 Å². The van der Waals surface area contributed by atoms with Crippen LogP contribution < -0.4 is 16.4 Å². The highest BCUT2D eigenvalue weighted by Crippen LogP contribution is 2.20. The molecule has 0 atom stereocenters. The van der Waals surface area contributed by atoms with E-state index in [1.54, 1.807) is 18.3 Å². The average Bonchev–Trinajstić information content (AvgIpc) is 3.15. The van der Waals surface area contributed by atoms with Gasteiger partial charge >= 0.3 is 6.03 Å². The van der Waals surface area contributed by atoms with E-state index in [9.17, 15) is 9.59 Å². The Balaban J connectivity index is 1.45. The zero-order valence-corrected chi connectivity index (χ0v) is 14.6. The summed E-state index contributed by atoms with van der Waals surface area (Å²) in [6.45, 7) is 0.399. The molecule has 3 aromatic rings. The summed E-state index contributed by atoms with van der Waals surface area (Å²) in [5.74, 6) is 1.13. The zero-order chi connectivity index (χ0) is 19.1. The number of oxazole rings is 1. The van der Waals surface area contributed by atoms with Crippen LogP contribution in [0.25, 0.3) is 11.3 Å². The average molecular weight is 364 g/mol. The van der Waals surface area contributed by atoms with Gasteiger partial charge < -0.3 is 20.8 Å². The Morgan fingerprint density at radius 1 is 1.04 bits per heavy atom. The normalized spacial score (nSPS) is 10.4. The van der Waals surface area contributed by atoms with E-state index in [1.807, 2.05) is 42.5 Å². The van der Waals surface area contributed by atoms with Gasteiger partial charge in [0.15, 0.2) is 11.7 Å². The van der Waals surface area contributed by atoms with Crippen molar-refractivity contribution in [3.8, 4) is 11.3 Å². The van der Waals surface area contributed by atoms with Crippen LogP contribution in [0.1, 0.15) is 17.9 Å². The summed E-state index contributed by atoms with van der Waals surface area (Å²) < 4.78 is 5.69. The fourth-order valence-electron chi connectivity index (χ4n) is 2.52. The van der Waals surface area contributed by atoms with Gasteiger partial charge in [0.2, 0.25) is 5.91 Å². The van der Waals surface area contributed by atoms with Crippen molar-refractivity contribution < 1.29 is 14.0 Å². The van der Waals surface area contributed by atoms with Gasteiger partial charge in [-0.3, -0.25) is 4.79 Å². The summed E-state index contributed by atoms with van der Waals surface area (Å²) in [6.07, 6.45) is 2.39. The van der Waals surface area contributed by atoms with E-state index in [4.69, 9.17) is 10.2 Å². The van der Waals surface area contributed by atoms with Crippen LogP contribution in [-0.2, 0) is 17.8 Å². The molecule has 3 amide bonds. The quantitative estimate of drug-likeness (QED) is 0.598. The van der Waals surface area contributed by atoms with Gasteiger partial charge in [0.1, 0.15) is 0 Å². The second-order valence-corrected chi connectivity index (χ2v) is 5.95. The van der Waals surface area contributed by atoms with Gasteiger partial charge in [-0.05, 0) is 17.7 Å². The molecule has 7 heteroatoms. The van der Waals surface area contributed by atoms with E-state index in [2.05, 4.69) is 15.6 Å². The largest absolute Gasteiger partial charge is 0.441 e. The number of primary amides is 1. The number of aromatic nitrogens is 1. The fourth-order valence-corrected chi connectivity index (χ4v) is 2.52. The summed E-state index contributed by atoms with van der Waals surface area (Å²) in [7, 11) is 0. The minimum Gasteiger partial charge on any atom is -0.441 e. The predicted octanol–water partition coefficient (Wildman–Crippen LogP) is 3.08. The first-order valence-electron chi connectivity index (χ1n) is 8.52. The minimum atomic E-state index is -0.613. The number of amides is 3. The molecule has 0 radical (unpaired) electrons. The molecule has 1 heterocycles. The maximum absolute atomic E-state index is 12.0. The van der Waals surface area contributed by atoms with Crippen molar-refractivity contribution >= 4 is 17.6 Å². The van der Waals surface area contributed by atoms with Crippen LogP contribution in [0.15, 0.2) is 65.2 Å². The predicted molar refractivity (Wildman–Crippen MR) is 102 cm³/mol. The van der Waals surface area contributed by atoms with Crippen molar-refractivity contribution in [2.24, 2.45) is 5.73 Å². The van der Waals surface area contributed by atoms with E-state index >= 15 is 0 Å². The van der Waals surface area contributed by atoms with Crippen LogP contribution >= 0.6 is 0 Å². The number of carbonyl (C=O) groups excluding carboxylic acids is 2. The molecule has 0 aliphatic heterocycles. The number of nitrogens with one attached hydrogen (secondary N) is 2. The van der Waals surface area contributed by atoms with Crippen LogP contribution in [0.3, 0.4) is 0 Å². The lowest BCUT2D eigenvalue weighted by molar-refractivity contribution is -0.121. The molecular formula is C20H20N4O3. The van der Waals surface area contributed by atoms with E-state index in [0.717, 1.165) is 11.1 Å². The highest BCUT2D eigenvalue weighted by molar-refractivity contribution is 5.87. The first-order valence-corrected chi connectivity index (χ1v) is 8.52. The zero-order valence-electron chi connectivity index (χ0n) is 14.6. The molecule has 138 valence electrons. The Kier molecular flexibility index (Phi) is 5.84. The smallest absolute Gasteiger partial charge is 0.316 e. The van der Waals surface area contributed by atoms with Gasteiger partial charge in [0.05, 0.1) is 6.20 Å². The lowest BCUT2D eigenvalue weighted by Gasteiger charge is -2.06. The summed E-state index contributed by atoms with van der Waals surface area (Å²) >= 11 is 0. The SMILES string of the molecule is NC(=O)Nc1ccc(CNC(=O)CCc2ncc(-c3ccccc3)o2)cc1. The Hall–Kier alpha value is -3.61. The number of hydrogen-bond acceptors (Lipinski definition) is 4. The Labute approximate surface area is 156 Å².